The van der Waals surface area contributed by atoms with E-state index in [0.717, 1.165) is 17.5 Å². The zero-order chi connectivity index (χ0) is 24.5. The number of urea groups is 1. The van der Waals surface area contributed by atoms with Crippen LogP contribution in [-0.4, -0.2) is 16.2 Å². The molecule has 1 N–H and O–H groups in total. The van der Waals surface area contributed by atoms with Gasteiger partial charge in [0, 0.05) is 11.3 Å². The number of halogens is 1. The van der Waals surface area contributed by atoms with Crippen LogP contribution in [0.1, 0.15) is 42.5 Å². The van der Waals surface area contributed by atoms with Crippen molar-refractivity contribution in [3.05, 3.63) is 107 Å². The lowest BCUT2D eigenvalue weighted by atomic mass is 9.94. The summed E-state index contributed by atoms with van der Waals surface area (Å²) in [7, 11) is 0. The molecule has 1 unspecified atom stereocenters. The average molecular weight is 469 g/mol. The van der Waals surface area contributed by atoms with Gasteiger partial charge in [-0.2, -0.15) is 4.98 Å². The number of rotatable bonds is 5. The summed E-state index contributed by atoms with van der Waals surface area (Å²) in [6, 6.07) is 20.8. The second-order valence-corrected chi connectivity index (χ2v) is 8.58. The van der Waals surface area contributed by atoms with Crippen LogP contribution in [0.3, 0.4) is 0 Å². The third-order valence-electron chi connectivity index (χ3n) is 6.24. The summed E-state index contributed by atoms with van der Waals surface area (Å²) < 4.78 is 19.8. The van der Waals surface area contributed by atoms with Crippen LogP contribution in [0.15, 0.2) is 83.0 Å². The molecule has 1 atom stereocenters. The summed E-state index contributed by atoms with van der Waals surface area (Å²) in [4.78, 5) is 19.5. The molecular formula is C28H25FN4O2. The van der Waals surface area contributed by atoms with E-state index in [4.69, 9.17) is 4.52 Å². The third kappa shape index (κ3) is 4.33. The Labute approximate surface area is 203 Å². The lowest BCUT2D eigenvalue weighted by Gasteiger charge is -2.35. The first-order valence-corrected chi connectivity index (χ1v) is 11.5. The molecule has 0 saturated carbocycles. The Morgan fingerprint density at radius 1 is 1.03 bits per heavy atom. The van der Waals surface area contributed by atoms with E-state index in [1.54, 1.807) is 17.0 Å². The normalized spacial score (nSPS) is 15.9. The molecule has 2 heterocycles. The molecule has 4 aromatic rings. The molecule has 7 heteroatoms. The Kier molecular flexibility index (Phi) is 5.91. The molecule has 1 aliphatic heterocycles. The average Bonchev–Trinajstić information content (AvgIpc) is 3.34. The quantitative estimate of drug-likeness (QED) is 0.365. The zero-order valence-corrected chi connectivity index (χ0v) is 19.7. The van der Waals surface area contributed by atoms with E-state index in [-0.39, 0.29) is 11.9 Å². The van der Waals surface area contributed by atoms with Gasteiger partial charge in [0.1, 0.15) is 5.82 Å². The Hall–Kier alpha value is -4.26. The predicted molar refractivity (Wildman–Crippen MR) is 133 cm³/mol. The van der Waals surface area contributed by atoms with E-state index in [0.29, 0.717) is 28.3 Å². The van der Waals surface area contributed by atoms with E-state index in [9.17, 15) is 9.18 Å². The van der Waals surface area contributed by atoms with Crippen LogP contribution in [0.4, 0.5) is 14.9 Å². The maximum Gasteiger partial charge on any atom is 0.326 e. The van der Waals surface area contributed by atoms with Crippen LogP contribution in [0.5, 0.6) is 0 Å². The zero-order valence-electron chi connectivity index (χ0n) is 19.7. The highest BCUT2D eigenvalue weighted by molar-refractivity contribution is 6.01. The van der Waals surface area contributed by atoms with Crippen molar-refractivity contribution in [2.45, 2.75) is 33.2 Å². The molecule has 2 amide bonds. The number of allylic oxidation sites excluding steroid dienone is 1. The molecule has 35 heavy (non-hydrogen) atoms. The van der Waals surface area contributed by atoms with E-state index in [1.807, 2.05) is 62.4 Å². The smallest absolute Gasteiger partial charge is 0.326 e. The van der Waals surface area contributed by atoms with E-state index in [1.165, 1.54) is 17.7 Å². The molecule has 1 aliphatic rings. The minimum Gasteiger partial charge on any atom is -0.334 e. The lowest BCUT2D eigenvalue weighted by molar-refractivity contribution is 0.244. The summed E-state index contributed by atoms with van der Waals surface area (Å²) in [6.45, 7) is 5.92. The molecule has 0 saturated heterocycles. The molecule has 6 nitrogen and oxygen atoms in total. The number of nitrogens with one attached hydrogen (secondary N) is 1. The molecule has 0 radical (unpaired) electrons. The number of benzene rings is 3. The van der Waals surface area contributed by atoms with Crippen LogP contribution in [0.2, 0.25) is 0 Å². The van der Waals surface area contributed by atoms with Crippen molar-refractivity contribution < 1.29 is 13.7 Å². The van der Waals surface area contributed by atoms with Crippen molar-refractivity contribution in [1.29, 1.82) is 0 Å². The van der Waals surface area contributed by atoms with Crippen molar-refractivity contribution in [2.75, 3.05) is 4.90 Å². The molecule has 1 aromatic heterocycles. The minimum atomic E-state index is -0.657. The Morgan fingerprint density at radius 3 is 2.46 bits per heavy atom. The first-order valence-electron chi connectivity index (χ1n) is 11.5. The number of anilines is 1. The van der Waals surface area contributed by atoms with E-state index < -0.39 is 11.9 Å². The molecule has 0 aliphatic carbocycles. The fourth-order valence-electron chi connectivity index (χ4n) is 4.30. The molecule has 176 valence electrons. The van der Waals surface area contributed by atoms with Gasteiger partial charge >= 0.3 is 6.03 Å². The van der Waals surface area contributed by atoms with Crippen molar-refractivity contribution >= 4 is 17.3 Å². The van der Waals surface area contributed by atoms with Gasteiger partial charge < -0.3 is 9.84 Å². The van der Waals surface area contributed by atoms with Gasteiger partial charge in [0.2, 0.25) is 5.82 Å². The van der Waals surface area contributed by atoms with Gasteiger partial charge in [0.25, 0.3) is 5.89 Å². The molecule has 5 rings (SSSR count). The van der Waals surface area contributed by atoms with E-state index >= 15 is 0 Å². The van der Waals surface area contributed by atoms with Gasteiger partial charge in [-0.05, 0) is 55.7 Å². The summed E-state index contributed by atoms with van der Waals surface area (Å²) in [5.41, 5.74) is 5.65. The predicted octanol–water partition coefficient (Wildman–Crippen LogP) is 6.45. The number of hydrogen-bond donors (Lipinski definition) is 1. The number of aryl methyl sites for hydroxylation is 2. The fourth-order valence-corrected chi connectivity index (χ4v) is 4.30. The lowest BCUT2D eigenvalue weighted by Crippen LogP contribution is -2.46. The van der Waals surface area contributed by atoms with Crippen molar-refractivity contribution in [1.82, 2.24) is 15.5 Å². The number of carbonyl (C=O) groups is 1. The van der Waals surface area contributed by atoms with Crippen LogP contribution in [0, 0.1) is 12.7 Å². The minimum absolute atomic E-state index is 0.267. The number of amides is 2. The second-order valence-electron chi connectivity index (χ2n) is 8.58. The number of hydrogen-bond acceptors (Lipinski definition) is 4. The van der Waals surface area contributed by atoms with Crippen LogP contribution < -0.4 is 10.2 Å². The third-order valence-corrected chi connectivity index (χ3v) is 6.24. The van der Waals surface area contributed by atoms with Crippen LogP contribution in [0.25, 0.3) is 17.0 Å². The highest BCUT2D eigenvalue weighted by Gasteiger charge is 2.36. The molecule has 0 bridgehead atoms. The van der Waals surface area contributed by atoms with Crippen LogP contribution in [-0.2, 0) is 6.42 Å². The number of carbonyl (C=O) groups excluding carboxylic acids is 1. The summed E-state index contributed by atoms with van der Waals surface area (Å²) in [6.07, 6.45) is 0.938. The van der Waals surface area contributed by atoms with Crippen molar-refractivity contribution in [3.63, 3.8) is 0 Å². The SMILES string of the molecule is CCc1ccc(-c2noc(C3=C(C)N(c4ccc(C)cc4)C(=O)NC3c3cccc(F)c3)n2)cc1. The van der Waals surface area contributed by atoms with Crippen molar-refractivity contribution in [2.24, 2.45) is 0 Å². The Morgan fingerprint density at radius 2 is 1.77 bits per heavy atom. The second kappa shape index (κ2) is 9.18. The Bertz CT molecular complexity index is 1410. The first-order chi connectivity index (χ1) is 16.9. The van der Waals surface area contributed by atoms with Gasteiger partial charge in [-0.1, -0.05) is 66.2 Å². The van der Waals surface area contributed by atoms with Crippen LogP contribution >= 0.6 is 0 Å². The van der Waals surface area contributed by atoms with E-state index in [2.05, 4.69) is 22.4 Å². The van der Waals surface area contributed by atoms with Gasteiger partial charge in [0.05, 0.1) is 17.3 Å². The molecular weight excluding hydrogens is 443 g/mol. The molecule has 3 aromatic carbocycles. The summed E-state index contributed by atoms with van der Waals surface area (Å²) >= 11 is 0. The maximum atomic E-state index is 14.1. The maximum absolute atomic E-state index is 14.1. The Balaban J connectivity index is 1.63. The molecule has 0 spiro atoms. The first kappa shape index (κ1) is 22.5. The monoisotopic (exact) mass is 468 g/mol. The molecule has 0 fully saturated rings. The number of aromatic nitrogens is 2. The fraction of sp³-hybridized carbons (Fsp3) is 0.179. The van der Waals surface area contributed by atoms with Gasteiger partial charge in [0.15, 0.2) is 0 Å². The largest absolute Gasteiger partial charge is 0.334 e. The highest BCUT2D eigenvalue weighted by Crippen LogP contribution is 2.39. The van der Waals surface area contributed by atoms with Gasteiger partial charge in [-0.25, -0.2) is 9.18 Å². The van der Waals surface area contributed by atoms with Gasteiger partial charge in [-0.3, -0.25) is 4.90 Å². The highest BCUT2D eigenvalue weighted by atomic mass is 19.1. The van der Waals surface area contributed by atoms with Gasteiger partial charge in [-0.15, -0.1) is 0 Å². The number of nitrogens with zero attached hydrogens (tertiary/aromatic N) is 3. The van der Waals surface area contributed by atoms with Crippen molar-refractivity contribution in [3.8, 4) is 11.4 Å². The standard InChI is InChI=1S/C28H25FN4O2/c1-4-19-10-12-20(13-11-19)26-31-27(35-32-26)24-18(3)33(23-14-8-17(2)9-15-23)28(34)30-25(24)21-6-5-7-22(29)16-21/h5-16,25H,4H2,1-3H3,(H,30,34). The summed E-state index contributed by atoms with van der Waals surface area (Å²) in [5, 5.41) is 7.20. The topological polar surface area (TPSA) is 71.3 Å². The summed E-state index contributed by atoms with van der Waals surface area (Å²) in [5.74, 6) is 0.320.